The molecule has 1 aliphatic rings. The van der Waals surface area contributed by atoms with Gasteiger partial charge in [-0.15, -0.1) is 0 Å². The van der Waals surface area contributed by atoms with E-state index in [0.717, 1.165) is 0 Å². The highest BCUT2D eigenvalue weighted by Crippen LogP contribution is 2.42. The van der Waals surface area contributed by atoms with Gasteiger partial charge in [-0.3, -0.25) is 4.79 Å². The molecule has 8 heteroatoms. The Labute approximate surface area is 149 Å². The van der Waals surface area contributed by atoms with Gasteiger partial charge in [0.2, 0.25) is 11.5 Å². The molecule has 0 atom stereocenters. The lowest BCUT2D eigenvalue weighted by molar-refractivity contribution is 0.0461. The van der Waals surface area contributed by atoms with E-state index in [-0.39, 0.29) is 28.5 Å². The zero-order valence-electron chi connectivity index (χ0n) is 12.4. The normalized spacial score (nSPS) is 15.0. The highest BCUT2D eigenvalue weighted by atomic mass is 79.9. The fourth-order valence-corrected chi connectivity index (χ4v) is 3.53. The number of nitrogens with zero attached hydrogens (tertiary/aromatic N) is 1. The molecule has 0 amide bonds. The number of fused-ring (bicyclic) bond motifs is 1. The number of phenolic OH excluding ortho intramolecular Hbond substituents is 1. The SMILES string of the molecule is COCOc1c(O)cc(/C=C2\Sc3ncccc3C2=O)c(Br)c1F. The van der Waals surface area contributed by atoms with Crippen molar-refractivity contribution in [3.8, 4) is 11.5 Å². The Morgan fingerprint density at radius 1 is 1.50 bits per heavy atom. The van der Waals surface area contributed by atoms with Gasteiger partial charge in [0.1, 0.15) is 5.03 Å². The van der Waals surface area contributed by atoms with Crippen molar-refractivity contribution in [1.82, 2.24) is 4.98 Å². The minimum absolute atomic E-state index is 0.0798. The van der Waals surface area contributed by atoms with Crippen molar-refractivity contribution in [3.63, 3.8) is 0 Å². The standard InChI is InChI=1S/C16H11BrFNO4S/c1-22-7-23-15-10(20)5-8(12(17)13(15)18)6-11-14(21)9-3-2-4-19-16(9)24-11/h2-6,20H,7H2,1H3/b11-6-. The van der Waals surface area contributed by atoms with Crippen LogP contribution in [-0.2, 0) is 4.74 Å². The molecule has 1 N–H and O–H groups in total. The number of ketones is 1. The van der Waals surface area contributed by atoms with Crippen molar-refractivity contribution in [3.05, 3.63) is 50.7 Å². The Hall–Kier alpha value is -1.90. The third kappa shape index (κ3) is 3.04. The Balaban J connectivity index is 1.98. The second-order valence-electron chi connectivity index (χ2n) is 4.79. The molecule has 0 aliphatic carbocycles. The van der Waals surface area contributed by atoms with Gasteiger partial charge in [0, 0.05) is 13.3 Å². The third-order valence-corrected chi connectivity index (χ3v) is 5.07. The van der Waals surface area contributed by atoms with Crippen molar-refractivity contribution in [2.75, 3.05) is 13.9 Å². The van der Waals surface area contributed by atoms with E-state index < -0.39 is 5.82 Å². The number of aromatic hydroxyl groups is 1. The molecule has 0 spiro atoms. The monoisotopic (exact) mass is 411 g/mol. The number of methoxy groups -OCH3 is 1. The Kier molecular flexibility index (Phi) is 4.88. The van der Waals surface area contributed by atoms with Crippen LogP contribution in [0.4, 0.5) is 4.39 Å². The molecule has 0 unspecified atom stereocenters. The van der Waals surface area contributed by atoms with Crippen molar-refractivity contribution in [1.29, 1.82) is 0 Å². The maximum absolute atomic E-state index is 14.4. The number of hydrogen-bond acceptors (Lipinski definition) is 6. The molecule has 3 rings (SSSR count). The molecule has 0 saturated carbocycles. The van der Waals surface area contributed by atoms with Gasteiger partial charge in [-0.05, 0) is 45.8 Å². The van der Waals surface area contributed by atoms with Crippen LogP contribution in [0.3, 0.4) is 0 Å². The zero-order chi connectivity index (χ0) is 17.3. The number of halogens is 2. The second-order valence-corrected chi connectivity index (χ2v) is 6.61. The van der Waals surface area contributed by atoms with E-state index in [2.05, 4.69) is 20.9 Å². The molecule has 1 aromatic carbocycles. The van der Waals surface area contributed by atoms with Crippen molar-refractivity contribution in [2.45, 2.75) is 5.03 Å². The number of carbonyl (C=O) groups excluding carboxylic acids is 1. The van der Waals surface area contributed by atoms with Crippen molar-refractivity contribution >= 4 is 39.6 Å². The van der Waals surface area contributed by atoms with Gasteiger partial charge in [-0.2, -0.15) is 0 Å². The molecule has 24 heavy (non-hydrogen) atoms. The molecule has 124 valence electrons. The highest BCUT2D eigenvalue weighted by Gasteiger charge is 2.27. The summed E-state index contributed by atoms with van der Waals surface area (Å²) in [7, 11) is 1.39. The molecule has 0 bridgehead atoms. The van der Waals surface area contributed by atoms with Crippen molar-refractivity contribution < 1.29 is 23.8 Å². The number of aromatic nitrogens is 1. The van der Waals surface area contributed by atoms with Crippen LogP contribution in [-0.4, -0.2) is 29.8 Å². The minimum atomic E-state index is -0.773. The highest BCUT2D eigenvalue weighted by molar-refractivity contribution is 9.10. The maximum Gasteiger partial charge on any atom is 0.202 e. The van der Waals surface area contributed by atoms with Gasteiger partial charge >= 0.3 is 0 Å². The van der Waals surface area contributed by atoms with Gasteiger partial charge in [0.15, 0.2) is 18.4 Å². The zero-order valence-corrected chi connectivity index (χ0v) is 14.8. The number of phenols is 1. The first-order valence-corrected chi connectivity index (χ1v) is 8.36. The van der Waals surface area contributed by atoms with Crippen LogP contribution in [0.1, 0.15) is 15.9 Å². The number of allylic oxidation sites excluding steroid dienone is 1. The molecule has 5 nitrogen and oxygen atoms in total. The smallest absolute Gasteiger partial charge is 0.202 e. The summed E-state index contributed by atoms with van der Waals surface area (Å²) >= 11 is 4.33. The first-order chi connectivity index (χ1) is 11.5. The van der Waals surface area contributed by atoms with Gasteiger partial charge in [0.25, 0.3) is 0 Å². The molecule has 1 aliphatic heterocycles. The maximum atomic E-state index is 14.4. The number of hydrogen-bond donors (Lipinski definition) is 1. The summed E-state index contributed by atoms with van der Waals surface area (Å²) in [6.45, 7) is -0.202. The van der Waals surface area contributed by atoms with Crippen molar-refractivity contribution in [2.24, 2.45) is 0 Å². The topological polar surface area (TPSA) is 68.7 Å². The largest absolute Gasteiger partial charge is 0.504 e. The number of rotatable bonds is 4. The van der Waals surface area contributed by atoms with Crippen LogP contribution in [0.5, 0.6) is 11.5 Å². The number of ether oxygens (including phenoxy) is 2. The van der Waals surface area contributed by atoms with Gasteiger partial charge < -0.3 is 14.6 Å². The summed E-state index contributed by atoms with van der Waals surface area (Å²) in [4.78, 5) is 16.9. The lowest BCUT2D eigenvalue weighted by atomic mass is 10.1. The summed E-state index contributed by atoms with van der Waals surface area (Å²) in [5, 5.41) is 10.6. The molecular formula is C16H11BrFNO4S. The number of thioether (sulfide) groups is 1. The van der Waals surface area contributed by atoms with Crippen LogP contribution in [0.15, 0.2) is 38.8 Å². The van der Waals surface area contributed by atoms with E-state index in [9.17, 15) is 14.3 Å². The average Bonchev–Trinajstić information content (AvgIpc) is 2.89. The summed E-state index contributed by atoms with van der Waals surface area (Å²) in [6, 6.07) is 4.69. The van der Waals surface area contributed by atoms with Crippen LogP contribution in [0.2, 0.25) is 0 Å². The first kappa shape index (κ1) is 16.9. The summed E-state index contributed by atoms with van der Waals surface area (Å²) in [6.07, 6.45) is 3.10. The number of benzene rings is 1. The Morgan fingerprint density at radius 2 is 2.29 bits per heavy atom. The molecule has 2 aromatic rings. The fraction of sp³-hybridized carbons (Fsp3) is 0.125. The van der Waals surface area contributed by atoms with Crippen LogP contribution in [0.25, 0.3) is 6.08 Å². The van der Waals surface area contributed by atoms with E-state index in [1.54, 1.807) is 18.3 Å². The number of carbonyl (C=O) groups is 1. The predicted octanol–water partition coefficient (Wildman–Crippen LogP) is 4.00. The van der Waals surface area contributed by atoms with E-state index >= 15 is 0 Å². The first-order valence-electron chi connectivity index (χ1n) is 6.75. The van der Waals surface area contributed by atoms with E-state index in [4.69, 9.17) is 9.47 Å². The Morgan fingerprint density at radius 3 is 3.00 bits per heavy atom. The lowest BCUT2D eigenvalue weighted by Crippen LogP contribution is -2.02. The van der Waals surface area contributed by atoms with Crippen LogP contribution < -0.4 is 4.74 Å². The predicted molar refractivity (Wildman–Crippen MR) is 90.7 cm³/mol. The van der Waals surface area contributed by atoms with E-state index in [1.807, 2.05) is 0 Å². The molecule has 2 heterocycles. The summed E-state index contributed by atoms with van der Waals surface area (Å²) in [5.74, 6) is -1.66. The molecule has 1 aromatic heterocycles. The van der Waals surface area contributed by atoms with Gasteiger partial charge in [-0.25, -0.2) is 9.37 Å². The summed E-state index contributed by atoms with van der Waals surface area (Å²) in [5.41, 5.74) is 0.827. The van der Waals surface area contributed by atoms with E-state index in [1.165, 1.54) is 31.0 Å². The van der Waals surface area contributed by atoms with Gasteiger partial charge in [-0.1, -0.05) is 11.8 Å². The third-order valence-electron chi connectivity index (χ3n) is 3.22. The minimum Gasteiger partial charge on any atom is -0.504 e. The summed E-state index contributed by atoms with van der Waals surface area (Å²) < 4.78 is 24.2. The molecular weight excluding hydrogens is 401 g/mol. The van der Waals surface area contributed by atoms with Crippen LogP contribution in [0, 0.1) is 5.82 Å². The van der Waals surface area contributed by atoms with Gasteiger partial charge in [0.05, 0.1) is 14.9 Å². The number of Topliss-reactive ketones (excluding diaryl/α,β-unsaturated/α-hetero) is 1. The fourth-order valence-electron chi connectivity index (χ4n) is 2.14. The molecule has 0 saturated heterocycles. The Bertz CT molecular complexity index is 856. The quantitative estimate of drug-likeness (QED) is 0.605. The van der Waals surface area contributed by atoms with Crippen LogP contribution >= 0.6 is 27.7 Å². The average molecular weight is 412 g/mol. The number of pyridine rings is 1. The second kappa shape index (κ2) is 6.92. The lowest BCUT2D eigenvalue weighted by Gasteiger charge is -2.11. The molecule has 0 fully saturated rings. The molecule has 0 radical (unpaired) electrons. The van der Waals surface area contributed by atoms with E-state index in [0.29, 0.717) is 21.1 Å².